The molecule has 1 N–H and O–H groups in total. The molecule has 0 saturated heterocycles. The molecule has 0 bridgehead atoms. The van der Waals surface area contributed by atoms with E-state index >= 15 is 0 Å². The van der Waals surface area contributed by atoms with Gasteiger partial charge in [0, 0.05) is 11.4 Å². The Morgan fingerprint density at radius 2 is 2.33 bits per heavy atom. The molecule has 0 aromatic carbocycles. The molecule has 0 aliphatic carbocycles. The molecule has 1 amide bonds. The van der Waals surface area contributed by atoms with Crippen molar-refractivity contribution in [2.45, 2.75) is 32.7 Å². The lowest BCUT2D eigenvalue weighted by molar-refractivity contribution is 0.0915. The van der Waals surface area contributed by atoms with Crippen LogP contribution in [0.4, 0.5) is 0 Å². The molecule has 0 aliphatic heterocycles. The zero-order chi connectivity index (χ0) is 11.5. The molecule has 15 heavy (non-hydrogen) atoms. The lowest BCUT2D eigenvalue weighted by Gasteiger charge is -2.24. The van der Waals surface area contributed by atoms with Crippen LogP contribution in [0.2, 0.25) is 0 Å². The number of aromatic nitrogens is 1. The minimum Gasteiger partial charge on any atom is -0.346 e. The fraction of sp³-hybridized carbons (Fsp3) is 0.600. The number of thiazole rings is 1. The maximum Gasteiger partial charge on any atom is 0.263 e. The molecule has 0 aliphatic rings. The van der Waals surface area contributed by atoms with E-state index < -0.39 is 0 Å². The van der Waals surface area contributed by atoms with Crippen molar-refractivity contribution >= 4 is 28.8 Å². The van der Waals surface area contributed by atoms with E-state index in [4.69, 9.17) is 11.6 Å². The molecule has 1 aromatic heterocycles. The molecule has 5 heteroatoms. The third kappa shape index (κ3) is 3.47. The van der Waals surface area contributed by atoms with Crippen LogP contribution in [-0.2, 0) is 0 Å². The standard InChI is InChI=1S/C10H15ClN2OS/c1-7-8(15-6-12-7)9(14)13-10(2,3)4-5-11/h6H,4-5H2,1-3H3,(H,13,14). The number of hydrogen-bond acceptors (Lipinski definition) is 3. The number of aryl methyl sites for hydroxylation is 1. The largest absolute Gasteiger partial charge is 0.346 e. The van der Waals surface area contributed by atoms with Gasteiger partial charge in [-0.25, -0.2) is 4.98 Å². The van der Waals surface area contributed by atoms with E-state index in [1.807, 2.05) is 20.8 Å². The van der Waals surface area contributed by atoms with Crippen molar-refractivity contribution in [2.24, 2.45) is 0 Å². The van der Waals surface area contributed by atoms with E-state index in [2.05, 4.69) is 10.3 Å². The van der Waals surface area contributed by atoms with Crippen molar-refractivity contribution < 1.29 is 4.79 Å². The van der Waals surface area contributed by atoms with E-state index in [9.17, 15) is 4.79 Å². The van der Waals surface area contributed by atoms with Gasteiger partial charge in [0.2, 0.25) is 0 Å². The number of carbonyl (C=O) groups excluding carboxylic acids is 1. The summed E-state index contributed by atoms with van der Waals surface area (Å²) in [5, 5.41) is 2.95. The summed E-state index contributed by atoms with van der Waals surface area (Å²) < 4.78 is 0. The lowest BCUT2D eigenvalue weighted by Crippen LogP contribution is -2.43. The Bertz CT molecular complexity index is 349. The highest BCUT2D eigenvalue weighted by molar-refractivity contribution is 7.11. The van der Waals surface area contributed by atoms with Gasteiger partial charge in [0.25, 0.3) is 5.91 Å². The fourth-order valence-electron chi connectivity index (χ4n) is 1.18. The first-order chi connectivity index (χ1) is 6.96. The zero-order valence-electron chi connectivity index (χ0n) is 9.13. The molecule has 1 aromatic rings. The number of alkyl halides is 1. The van der Waals surface area contributed by atoms with Gasteiger partial charge in [-0.05, 0) is 27.2 Å². The van der Waals surface area contributed by atoms with Crippen molar-refractivity contribution in [3.63, 3.8) is 0 Å². The van der Waals surface area contributed by atoms with E-state index in [-0.39, 0.29) is 11.4 Å². The number of carbonyl (C=O) groups is 1. The van der Waals surface area contributed by atoms with Crippen LogP contribution in [0, 0.1) is 6.92 Å². The molecule has 0 atom stereocenters. The molecule has 1 heterocycles. The predicted octanol–water partition coefficient (Wildman–Crippen LogP) is 2.59. The van der Waals surface area contributed by atoms with Gasteiger partial charge < -0.3 is 5.32 Å². The third-order valence-corrected chi connectivity index (χ3v) is 3.24. The first-order valence-corrected chi connectivity index (χ1v) is 6.16. The summed E-state index contributed by atoms with van der Waals surface area (Å²) in [6.45, 7) is 5.76. The number of nitrogens with one attached hydrogen (secondary N) is 1. The lowest BCUT2D eigenvalue weighted by atomic mass is 10.0. The fourth-order valence-corrected chi connectivity index (χ4v) is 2.35. The number of nitrogens with zero attached hydrogens (tertiary/aromatic N) is 1. The summed E-state index contributed by atoms with van der Waals surface area (Å²) in [4.78, 5) is 16.6. The van der Waals surface area contributed by atoms with Crippen LogP contribution in [0.5, 0.6) is 0 Å². The van der Waals surface area contributed by atoms with Gasteiger partial charge in [-0.3, -0.25) is 4.79 Å². The first-order valence-electron chi connectivity index (χ1n) is 4.75. The molecule has 3 nitrogen and oxygen atoms in total. The van der Waals surface area contributed by atoms with Crippen molar-refractivity contribution in [1.29, 1.82) is 0 Å². The van der Waals surface area contributed by atoms with Crippen molar-refractivity contribution in [3.05, 3.63) is 16.1 Å². The SMILES string of the molecule is Cc1ncsc1C(=O)NC(C)(C)CCCl. The smallest absolute Gasteiger partial charge is 0.263 e. The maximum absolute atomic E-state index is 11.8. The average molecular weight is 247 g/mol. The highest BCUT2D eigenvalue weighted by Gasteiger charge is 2.22. The summed E-state index contributed by atoms with van der Waals surface area (Å²) in [5.41, 5.74) is 2.19. The van der Waals surface area contributed by atoms with Crippen LogP contribution in [0.25, 0.3) is 0 Å². The van der Waals surface area contributed by atoms with E-state index in [1.165, 1.54) is 11.3 Å². The molecule has 0 spiro atoms. The highest BCUT2D eigenvalue weighted by atomic mass is 35.5. The topological polar surface area (TPSA) is 42.0 Å². The van der Waals surface area contributed by atoms with Gasteiger partial charge in [-0.2, -0.15) is 0 Å². The van der Waals surface area contributed by atoms with Gasteiger partial charge in [0.15, 0.2) is 0 Å². The summed E-state index contributed by atoms with van der Waals surface area (Å²) in [5.74, 6) is 0.472. The van der Waals surface area contributed by atoms with E-state index in [1.54, 1.807) is 5.51 Å². The van der Waals surface area contributed by atoms with Crippen LogP contribution in [0.15, 0.2) is 5.51 Å². The zero-order valence-corrected chi connectivity index (χ0v) is 10.7. The second kappa shape index (κ2) is 4.94. The Morgan fingerprint density at radius 3 is 2.80 bits per heavy atom. The Balaban J connectivity index is 2.68. The Labute approximate surface area is 98.9 Å². The summed E-state index contributed by atoms with van der Waals surface area (Å²) in [7, 11) is 0. The van der Waals surface area contributed by atoms with Crippen LogP contribution in [-0.4, -0.2) is 22.3 Å². The van der Waals surface area contributed by atoms with Gasteiger partial charge in [0.1, 0.15) is 4.88 Å². The maximum atomic E-state index is 11.8. The molecule has 0 saturated carbocycles. The van der Waals surface area contributed by atoms with E-state index in [0.29, 0.717) is 10.8 Å². The van der Waals surface area contributed by atoms with Crippen LogP contribution in [0.1, 0.15) is 35.6 Å². The van der Waals surface area contributed by atoms with Gasteiger partial charge in [-0.15, -0.1) is 22.9 Å². The summed E-state index contributed by atoms with van der Waals surface area (Å²) >= 11 is 7.02. The number of amides is 1. The summed E-state index contributed by atoms with van der Waals surface area (Å²) in [6, 6.07) is 0. The first kappa shape index (κ1) is 12.5. The normalized spacial score (nSPS) is 11.5. The summed E-state index contributed by atoms with van der Waals surface area (Å²) in [6.07, 6.45) is 0.748. The van der Waals surface area contributed by atoms with Crippen LogP contribution < -0.4 is 5.32 Å². The van der Waals surface area contributed by atoms with Crippen LogP contribution in [0.3, 0.4) is 0 Å². The highest BCUT2D eigenvalue weighted by Crippen LogP contribution is 2.15. The molecular formula is C10H15ClN2OS. The third-order valence-electron chi connectivity index (χ3n) is 2.12. The molecule has 0 unspecified atom stereocenters. The van der Waals surface area contributed by atoms with Crippen molar-refractivity contribution in [1.82, 2.24) is 10.3 Å². The average Bonchev–Trinajstić information content (AvgIpc) is 2.50. The van der Waals surface area contributed by atoms with Crippen molar-refractivity contribution in [2.75, 3.05) is 5.88 Å². The number of rotatable bonds is 4. The minimum atomic E-state index is -0.269. The second-order valence-corrected chi connectivity index (χ2v) is 5.28. The Hall–Kier alpha value is -0.610. The van der Waals surface area contributed by atoms with Crippen LogP contribution >= 0.6 is 22.9 Å². The molecule has 0 radical (unpaired) electrons. The second-order valence-electron chi connectivity index (χ2n) is 4.04. The van der Waals surface area contributed by atoms with Gasteiger partial charge >= 0.3 is 0 Å². The monoisotopic (exact) mass is 246 g/mol. The molecule has 84 valence electrons. The number of hydrogen-bond donors (Lipinski definition) is 1. The minimum absolute atomic E-state index is 0.0647. The van der Waals surface area contributed by atoms with E-state index in [0.717, 1.165) is 12.1 Å². The quantitative estimate of drug-likeness (QED) is 0.830. The Kier molecular flexibility index (Phi) is 4.11. The van der Waals surface area contributed by atoms with Crippen molar-refractivity contribution in [3.8, 4) is 0 Å². The molecule has 0 fully saturated rings. The number of halogens is 1. The van der Waals surface area contributed by atoms with Gasteiger partial charge in [0.05, 0.1) is 11.2 Å². The Morgan fingerprint density at radius 1 is 1.67 bits per heavy atom. The van der Waals surface area contributed by atoms with Gasteiger partial charge in [-0.1, -0.05) is 0 Å². The molecular weight excluding hydrogens is 232 g/mol. The molecule has 1 rings (SSSR count). The predicted molar refractivity (Wildman–Crippen MR) is 63.7 cm³/mol.